The van der Waals surface area contributed by atoms with Gasteiger partial charge in [0.25, 0.3) is 0 Å². The van der Waals surface area contributed by atoms with Gasteiger partial charge in [-0.1, -0.05) is 18.2 Å². The lowest BCUT2D eigenvalue weighted by molar-refractivity contribution is 0.483. The second kappa shape index (κ2) is 4.70. The lowest BCUT2D eigenvalue weighted by Crippen LogP contribution is -1.97. The molecule has 4 nitrogen and oxygen atoms in total. The van der Waals surface area contributed by atoms with Crippen molar-refractivity contribution in [3.8, 4) is 11.5 Å². The molecule has 2 aromatic rings. The second-order valence-electron chi connectivity index (χ2n) is 3.89. The first-order valence-corrected chi connectivity index (χ1v) is 7.18. The molecule has 94 valence electrons. The highest BCUT2D eigenvalue weighted by atomic mass is 32.2. The summed E-state index contributed by atoms with van der Waals surface area (Å²) in [4.78, 5) is 0.217. The molecular formula is C13H13NO3S. The Labute approximate surface area is 106 Å². The van der Waals surface area contributed by atoms with E-state index >= 15 is 0 Å². The Morgan fingerprint density at radius 1 is 1.06 bits per heavy atom. The minimum absolute atomic E-state index is 0.217. The monoisotopic (exact) mass is 263 g/mol. The Hall–Kier alpha value is -2.01. The molecule has 0 saturated heterocycles. The smallest absolute Gasteiger partial charge is 0.175 e. The van der Waals surface area contributed by atoms with Crippen LogP contribution in [0.3, 0.4) is 0 Å². The third kappa shape index (κ3) is 2.81. The summed E-state index contributed by atoms with van der Waals surface area (Å²) >= 11 is 0. The number of rotatable bonds is 3. The minimum Gasteiger partial charge on any atom is -0.455 e. The van der Waals surface area contributed by atoms with E-state index in [0.29, 0.717) is 17.2 Å². The van der Waals surface area contributed by atoms with Gasteiger partial charge < -0.3 is 10.5 Å². The fraction of sp³-hybridized carbons (Fsp3) is 0.0769. The molecule has 0 atom stereocenters. The molecule has 0 saturated carbocycles. The fourth-order valence-corrected chi connectivity index (χ4v) is 2.12. The normalized spacial score (nSPS) is 11.2. The highest BCUT2D eigenvalue weighted by Gasteiger charge is 2.08. The molecule has 2 rings (SSSR count). The first kappa shape index (κ1) is 12.4. The van der Waals surface area contributed by atoms with Crippen LogP contribution in [0.4, 0.5) is 5.69 Å². The van der Waals surface area contributed by atoms with Crippen molar-refractivity contribution in [3.05, 3.63) is 48.5 Å². The van der Waals surface area contributed by atoms with Gasteiger partial charge in [0.2, 0.25) is 0 Å². The van der Waals surface area contributed by atoms with Gasteiger partial charge in [0.05, 0.1) is 10.6 Å². The number of nitrogens with two attached hydrogens (primary N) is 1. The number of nitrogen functional groups attached to an aromatic ring is 1. The molecule has 0 aliphatic carbocycles. The summed E-state index contributed by atoms with van der Waals surface area (Å²) in [6.45, 7) is 0. The summed E-state index contributed by atoms with van der Waals surface area (Å²) in [7, 11) is -3.24. The second-order valence-corrected chi connectivity index (χ2v) is 5.90. The Balaban J connectivity index is 2.34. The first-order valence-electron chi connectivity index (χ1n) is 5.29. The fourth-order valence-electron chi connectivity index (χ4n) is 1.47. The summed E-state index contributed by atoms with van der Waals surface area (Å²) in [5, 5.41) is 0. The van der Waals surface area contributed by atoms with Crippen molar-refractivity contribution < 1.29 is 13.2 Å². The summed E-state index contributed by atoms with van der Waals surface area (Å²) in [6, 6.07) is 13.4. The van der Waals surface area contributed by atoms with E-state index in [1.807, 2.05) is 0 Å². The molecule has 0 unspecified atom stereocenters. The molecule has 0 aliphatic rings. The molecule has 2 N–H and O–H groups in total. The third-order valence-corrected chi connectivity index (χ3v) is 3.49. The first-order chi connectivity index (χ1) is 8.47. The summed E-state index contributed by atoms with van der Waals surface area (Å²) in [5.74, 6) is 0.943. The van der Waals surface area contributed by atoms with E-state index in [4.69, 9.17) is 10.5 Å². The van der Waals surface area contributed by atoms with Gasteiger partial charge in [-0.25, -0.2) is 8.42 Å². The van der Waals surface area contributed by atoms with E-state index in [2.05, 4.69) is 0 Å². The average molecular weight is 263 g/mol. The zero-order valence-electron chi connectivity index (χ0n) is 9.83. The molecule has 0 aromatic heterocycles. The van der Waals surface area contributed by atoms with Crippen LogP contribution in [0, 0.1) is 0 Å². The molecule has 5 heteroatoms. The Morgan fingerprint density at radius 3 is 2.44 bits per heavy atom. The van der Waals surface area contributed by atoms with Gasteiger partial charge in [-0.05, 0) is 30.3 Å². The van der Waals surface area contributed by atoms with E-state index in [1.165, 1.54) is 12.1 Å². The van der Waals surface area contributed by atoms with Gasteiger partial charge in [-0.15, -0.1) is 0 Å². The quantitative estimate of drug-likeness (QED) is 0.864. The zero-order chi connectivity index (χ0) is 13.2. The van der Waals surface area contributed by atoms with Crippen LogP contribution in [-0.2, 0) is 9.84 Å². The van der Waals surface area contributed by atoms with Gasteiger partial charge in [-0.2, -0.15) is 0 Å². The topological polar surface area (TPSA) is 69.4 Å². The maximum Gasteiger partial charge on any atom is 0.175 e. The summed E-state index contributed by atoms with van der Waals surface area (Å²) in [6.07, 6.45) is 1.16. The minimum atomic E-state index is -3.24. The predicted molar refractivity (Wildman–Crippen MR) is 70.5 cm³/mol. The highest BCUT2D eigenvalue weighted by Crippen LogP contribution is 2.28. The van der Waals surface area contributed by atoms with Crippen LogP contribution < -0.4 is 10.5 Å². The van der Waals surface area contributed by atoms with E-state index in [0.717, 1.165) is 6.26 Å². The van der Waals surface area contributed by atoms with Crippen molar-refractivity contribution >= 4 is 15.5 Å². The van der Waals surface area contributed by atoms with Crippen LogP contribution in [0.15, 0.2) is 53.4 Å². The molecule has 0 fully saturated rings. The highest BCUT2D eigenvalue weighted by molar-refractivity contribution is 7.90. The summed E-state index contributed by atoms with van der Waals surface area (Å²) in [5.41, 5.74) is 6.25. The number of sulfone groups is 1. The summed E-state index contributed by atoms with van der Waals surface area (Å²) < 4.78 is 28.4. The van der Waals surface area contributed by atoms with E-state index in [-0.39, 0.29) is 4.90 Å². The molecule has 18 heavy (non-hydrogen) atoms. The number of hydrogen-bond acceptors (Lipinski definition) is 4. The molecule has 2 aromatic carbocycles. The Morgan fingerprint density at radius 2 is 1.78 bits per heavy atom. The van der Waals surface area contributed by atoms with E-state index in [1.54, 1.807) is 36.4 Å². The average Bonchev–Trinajstić information content (AvgIpc) is 2.31. The molecule has 0 amide bonds. The van der Waals surface area contributed by atoms with Gasteiger partial charge in [-0.3, -0.25) is 0 Å². The molecule has 0 bridgehead atoms. The lowest BCUT2D eigenvalue weighted by atomic mass is 10.3. The Kier molecular flexibility index (Phi) is 3.25. The van der Waals surface area contributed by atoms with Crippen LogP contribution in [0.2, 0.25) is 0 Å². The lowest BCUT2D eigenvalue weighted by Gasteiger charge is -2.08. The van der Waals surface area contributed by atoms with Crippen molar-refractivity contribution in [2.75, 3.05) is 12.0 Å². The van der Waals surface area contributed by atoms with Crippen molar-refractivity contribution in [1.82, 2.24) is 0 Å². The predicted octanol–water partition coefficient (Wildman–Crippen LogP) is 2.46. The van der Waals surface area contributed by atoms with Gasteiger partial charge in [0, 0.05) is 6.26 Å². The van der Waals surface area contributed by atoms with E-state index < -0.39 is 9.84 Å². The van der Waals surface area contributed by atoms with Crippen molar-refractivity contribution in [2.24, 2.45) is 0 Å². The maximum atomic E-state index is 11.4. The number of ether oxygens (including phenoxy) is 1. The van der Waals surface area contributed by atoms with Gasteiger partial charge >= 0.3 is 0 Å². The SMILES string of the molecule is CS(=O)(=O)c1cccc(Oc2ccccc2N)c1. The molecular weight excluding hydrogens is 250 g/mol. The van der Waals surface area contributed by atoms with Gasteiger partial charge in [0.15, 0.2) is 9.84 Å². The maximum absolute atomic E-state index is 11.4. The molecule has 0 spiro atoms. The van der Waals surface area contributed by atoms with Crippen LogP contribution in [0.5, 0.6) is 11.5 Å². The van der Waals surface area contributed by atoms with Crippen LogP contribution in [-0.4, -0.2) is 14.7 Å². The van der Waals surface area contributed by atoms with Crippen LogP contribution in [0.1, 0.15) is 0 Å². The largest absolute Gasteiger partial charge is 0.455 e. The number of benzene rings is 2. The van der Waals surface area contributed by atoms with Crippen LogP contribution >= 0.6 is 0 Å². The van der Waals surface area contributed by atoms with E-state index in [9.17, 15) is 8.42 Å². The molecule has 0 radical (unpaired) electrons. The van der Waals surface area contributed by atoms with Crippen molar-refractivity contribution in [2.45, 2.75) is 4.90 Å². The molecule has 0 heterocycles. The standard InChI is InChI=1S/C13H13NO3S/c1-18(15,16)11-6-4-5-10(9-11)17-13-8-3-2-7-12(13)14/h2-9H,14H2,1H3. The van der Waals surface area contributed by atoms with Gasteiger partial charge in [0.1, 0.15) is 11.5 Å². The number of para-hydroxylation sites is 2. The van der Waals surface area contributed by atoms with Crippen LogP contribution in [0.25, 0.3) is 0 Å². The van der Waals surface area contributed by atoms with Crippen molar-refractivity contribution in [3.63, 3.8) is 0 Å². The van der Waals surface area contributed by atoms with Crippen molar-refractivity contribution in [1.29, 1.82) is 0 Å². The number of anilines is 1. The zero-order valence-corrected chi connectivity index (χ0v) is 10.6. The third-order valence-electron chi connectivity index (χ3n) is 2.38. The Bertz CT molecular complexity index is 665. The molecule has 0 aliphatic heterocycles. The number of hydrogen-bond donors (Lipinski definition) is 1.